The number of nitrogens with zero attached hydrogens (tertiary/aromatic N) is 1. The van der Waals surface area contributed by atoms with Gasteiger partial charge in [-0.1, -0.05) is 0 Å². The van der Waals surface area contributed by atoms with E-state index in [1.807, 2.05) is 11.8 Å². The molecular formula is C17H28Cl2N4O3. The lowest BCUT2D eigenvalue weighted by molar-refractivity contribution is -0.140. The number of carbonyl (C=O) groups is 1. The predicted molar refractivity (Wildman–Crippen MR) is 98.6 cm³/mol. The summed E-state index contributed by atoms with van der Waals surface area (Å²) in [5.41, 5.74) is 2.99. The maximum atomic E-state index is 12.2. The number of hydroxylamine groups is 1. The molecule has 148 valence electrons. The lowest BCUT2D eigenvalue weighted by Gasteiger charge is -2.47. The third-order valence-electron chi connectivity index (χ3n) is 6.77. The maximum Gasteiger partial charge on any atom is 0.248 e. The number of aliphatic hydroxyl groups excluding tert-OH is 1. The average Bonchev–Trinajstić information content (AvgIpc) is 3.22. The van der Waals surface area contributed by atoms with Crippen molar-refractivity contribution in [3.8, 4) is 0 Å². The number of piperidine rings is 1. The molecule has 0 aromatic rings. The van der Waals surface area contributed by atoms with Crippen molar-refractivity contribution >= 4 is 29.1 Å². The molecule has 0 aromatic carbocycles. The van der Waals surface area contributed by atoms with E-state index in [1.54, 1.807) is 0 Å². The van der Waals surface area contributed by atoms with Crippen LogP contribution in [-0.4, -0.2) is 70.3 Å². The van der Waals surface area contributed by atoms with Crippen LogP contribution in [0, 0.1) is 17.8 Å². The van der Waals surface area contributed by atoms with Gasteiger partial charge in [-0.2, -0.15) is 5.48 Å². The van der Waals surface area contributed by atoms with Gasteiger partial charge in [-0.3, -0.25) is 14.9 Å². The van der Waals surface area contributed by atoms with Gasteiger partial charge in [-0.15, -0.1) is 23.2 Å². The molecule has 0 radical (unpaired) electrons. The molecule has 0 bridgehead atoms. The number of alkyl halides is 2. The van der Waals surface area contributed by atoms with E-state index in [0.717, 1.165) is 12.8 Å². The summed E-state index contributed by atoms with van der Waals surface area (Å²) in [6.45, 7) is 4.32. The number of hydrogen-bond acceptors (Lipinski definition) is 6. The zero-order chi connectivity index (χ0) is 18.6. The van der Waals surface area contributed by atoms with Crippen LogP contribution in [0.15, 0.2) is 0 Å². The van der Waals surface area contributed by atoms with Crippen LogP contribution < -0.4 is 16.1 Å². The van der Waals surface area contributed by atoms with Crippen LogP contribution in [0.5, 0.6) is 0 Å². The fourth-order valence-corrected chi connectivity index (χ4v) is 6.40. The molecule has 7 nitrogen and oxygen atoms in total. The SMILES string of the molecule is CC1NOC(C2CC(Cl)C(Cl)C3NC4CCN(C(=O)CO)[C@@H](C)C4C23)N1. The van der Waals surface area contributed by atoms with Gasteiger partial charge in [0.25, 0.3) is 0 Å². The molecule has 10 atom stereocenters. The minimum Gasteiger partial charge on any atom is -0.387 e. The minimum absolute atomic E-state index is 0.0425. The molecular weight excluding hydrogens is 379 g/mol. The largest absolute Gasteiger partial charge is 0.387 e. The van der Waals surface area contributed by atoms with Gasteiger partial charge < -0.3 is 15.3 Å². The molecule has 3 saturated heterocycles. The Morgan fingerprint density at radius 3 is 2.69 bits per heavy atom. The molecule has 4 fully saturated rings. The van der Waals surface area contributed by atoms with Crippen LogP contribution in [0.1, 0.15) is 26.7 Å². The Morgan fingerprint density at radius 2 is 2.04 bits per heavy atom. The van der Waals surface area contributed by atoms with Gasteiger partial charge in [-0.25, -0.2) is 0 Å². The Kier molecular flexibility index (Phi) is 5.42. The first-order valence-corrected chi connectivity index (χ1v) is 10.4. The van der Waals surface area contributed by atoms with Crippen molar-refractivity contribution in [3.05, 3.63) is 0 Å². The number of nitrogens with one attached hydrogen (secondary N) is 3. The maximum absolute atomic E-state index is 12.2. The van der Waals surface area contributed by atoms with E-state index in [9.17, 15) is 9.90 Å². The number of rotatable bonds is 2. The first-order chi connectivity index (χ1) is 12.4. The Balaban J connectivity index is 1.63. The van der Waals surface area contributed by atoms with Crippen molar-refractivity contribution in [2.24, 2.45) is 17.8 Å². The normalized spacial score (nSPS) is 51.2. The number of halogens is 2. The van der Waals surface area contributed by atoms with Crippen LogP contribution in [-0.2, 0) is 9.63 Å². The zero-order valence-corrected chi connectivity index (χ0v) is 16.6. The number of amides is 1. The molecule has 4 N–H and O–H groups in total. The molecule has 1 saturated carbocycles. The van der Waals surface area contributed by atoms with Gasteiger partial charge in [0, 0.05) is 30.6 Å². The molecule has 26 heavy (non-hydrogen) atoms. The Bertz CT molecular complexity index is 556. The number of aliphatic hydroxyl groups is 1. The summed E-state index contributed by atoms with van der Waals surface area (Å²) in [5.74, 6) is 0.520. The van der Waals surface area contributed by atoms with Crippen molar-refractivity contribution in [2.45, 2.75) is 68.0 Å². The predicted octanol–water partition coefficient (Wildman–Crippen LogP) is 0.204. The third-order valence-corrected chi connectivity index (χ3v) is 7.93. The van der Waals surface area contributed by atoms with E-state index in [0.29, 0.717) is 12.6 Å². The standard InChI is InChI=1S/C17H28Cl2N4O3/c1-7-13-11(3-4-23(7)12(25)6-24)21-16-14(13)9(5-10(18)15(16)19)17-20-8(2)22-26-17/h7-11,13-17,20-22,24H,3-6H2,1-2H3/t7-,8?,9?,10?,11?,13?,14?,15?,16?,17?/m0/s1. The van der Waals surface area contributed by atoms with Crippen molar-refractivity contribution < 1.29 is 14.7 Å². The summed E-state index contributed by atoms with van der Waals surface area (Å²) >= 11 is 13.3. The van der Waals surface area contributed by atoms with Crippen LogP contribution >= 0.6 is 23.2 Å². The molecule has 3 heterocycles. The molecule has 3 aliphatic heterocycles. The monoisotopic (exact) mass is 406 g/mol. The summed E-state index contributed by atoms with van der Waals surface area (Å²) in [4.78, 5) is 19.8. The fraction of sp³-hybridized carbons (Fsp3) is 0.941. The topological polar surface area (TPSA) is 85.9 Å². The van der Waals surface area contributed by atoms with E-state index in [-0.39, 0.29) is 58.9 Å². The van der Waals surface area contributed by atoms with Crippen molar-refractivity contribution in [1.82, 2.24) is 21.0 Å². The van der Waals surface area contributed by atoms with Crippen molar-refractivity contribution in [2.75, 3.05) is 13.2 Å². The van der Waals surface area contributed by atoms with Gasteiger partial charge in [0.2, 0.25) is 5.91 Å². The van der Waals surface area contributed by atoms with Crippen molar-refractivity contribution in [3.63, 3.8) is 0 Å². The van der Waals surface area contributed by atoms with E-state index in [4.69, 9.17) is 28.0 Å². The van der Waals surface area contributed by atoms with Gasteiger partial charge in [0.15, 0.2) is 0 Å². The smallest absolute Gasteiger partial charge is 0.248 e. The summed E-state index contributed by atoms with van der Waals surface area (Å²) < 4.78 is 0. The molecule has 4 aliphatic rings. The molecule has 9 heteroatoms. The van der Waals surface area contributed by atoms with Crippen LogP contribution in [0.3, 0.4) is 0 Å². The van der Waals surface area contributed by atoms with E-state index >= 15 is 0 Å². The summed E-state index contributed by atoms with van der Waals surface area (Å²) in [6.07, 6.45) is 1.60. The molecule has 1 aliphatic carbocycles. The first-order valence-electron chi connectivity index (χ1n) is 9.54. The second kappa shape index (κ2) is 7.35. The van der Waals surface area contributed by atoms with E-state index < -0.39 is 6.61 Å². The molecule has 9 unspecified atom stereocenters. The number of likely N-dealkylation sites (tertiary alicyclic amines) is 1. The number of carbonyl (C=O) groups excluding carboxylic acids is 1. The molecule has 0 spiro atoms. The van der Waals surface area contributed by atoms with Crippen LogP contribution in [0.25, 0.3) is 0 Å². The Morgan fingerprint density at radius 1 is 1.27 bits per heavy atom. The highest BCUT2D eigenvalue weighted by atomic mass is 35.5. The summed E-state index contributed by atoms with van der Waals surface area (Å²) in [7, 11) is 0. The van der Waals surface area contributed by atoms with Gasteiger partial charge >= 0.3 is 0 Å². The molecule has 0 aromatic heterocycles. The lowest BCUT2D eigenvalue weighted by atomic mass is 9.66. The van der Waals surface area contributed by atoms with Crippen molar-refractivity contribution in [1.29, 1.82) is 0 Å². The quantitative estimate of drug-likeness (QED) is 0.490. The molecule has 4 rings (SSSR count). The Labute approximate surface area is 164 Å². The highest BCUT2D eigenvalue weighted by molar-refractivity contribution is 6.30. The van der Waals surface area contributed by atoms with Crippen LogP contribution in [0.4, 0.5) is 0 Å². The minimum atomic E-state index is -0.441. The fourth-order valence-electron chi connectivity index (χ4n) is 5.70. The van der Waals surface area contributed by atoms with Gasteiger partial charge in [0.05, 0.1) is 16.9 Å². The lowest BCUT2D eigenvalue weighted by Crippen LogP contribution is -2.57. The zero-order valence-electron chi connectivity index (χ0n) is 15.1. The van der Waals surface area contributed by atoms with Gasteiger partial charge in [-0.05, 0) is 38.5 Å². The number of hydrogen-bond donors (Lipinski definition) is 4. The highest BCUT2D eigenvalue weighted by Crippen LogP contribution is 2.50. The first kappa shape index (κ1) is 19.2. The highest BCUT2D eigenvalue weighted by Gasteiger charge is 2.59. The third kappa shape index (κ3) is 3.05. The van der Waals surface area contributed by atoms with E-state index in [2.05, 4.69) is 23.0 Å². The van der Waals surface area contributed by atoms with E-state index in [1.165, 1.54) is 0 Å². The second-order valence-electron chi connectivity index (χ2n) is 8.13. The van der Waals surface area contributed by atoms with Gasteiger partial charge in [0.1, 0.15) is 12.8 Å². The molecule has 1 amide bonds. The summed E-state index contributed by atoms with van der Waals surface area (Å²) in [6, 6.07) is 0.446. The average molecular weight is 407 g/mol. The summed E-state index contributed by atoms with van der Waals surface area (Å²) in [5, 5.41) is 16.2. The number of fused-ring (bicyclic) bond motifs is 3. The Hall–Kier alpha value is -0.150. The van der Waals surface area contributed by atoms with Crippen LogP contribution in [0.2, 0.25) is 0 Å². The second-order valence-corrected chi connectivity index (χ2v) is 9.20.